The third kappa shape index (κ3) is 324. The Labute approximate surface area is 758 Å². The zero-order chi connectivity index (χ0) is 0. The van der Waals surface area contributed by atoms with Gasteiger partial charge in [0, 0.05) is 0 Å². The fourth-order valence-corrected chi connectivity index (χ4v) is 0. The van der Waals surface area contributed by atoms with Crippen molar-refractivity contribution in [2.24, 2.45) is 0 Å². The van der Waals surface area contributed by atoms with Crippen LogP contribution in [-0.4, -0.2) is 0 Å². The molecule has 152 valence electrons. The Morgan fingerprint density at radius 2 is 0.0909 bits per heavy atom. The fourth-order valence-electron chi connectivity index (χ4n) is 0. The molecule has 0 rings (SSSR count). The molecule has 33 heteroatoms. The van der Waals surface area contributed by atoms with Crippen LogP contribution in [0.15, 0.2) is 0 Å². The molecular weight excluding hydrogens is 2450 g/mol. The van der Waals surface area contributed by atoms with Gasteiger partial charge in [-0.15, -0.1) is 0 Å². The van der Waals surface area contributed by atoms with Gasteiger partial charge in [0.1, 0.15) is 0 Å². The van der Waals surface area contributed by atoms with Gasteiger partial charge in [-0.2, -0.15) is 0 Å². The monoisotopic (exact) mass is 2450 g/mol. The van der Waals surface area contributed by atoms with Crippen LogP contribution in [0.1, 0.15) is 0 Å². The van der Waals surface area contributed by atoms with E-state index in [0.717, 1.165) is 0 Å². The van der Waals surface area contributed by atoms with Crippen molar-refractivity contribution in [3.05, 3.63) is 0 Å². The van der Waals surface area contributed by atoms with Gasteiger partial charge in [-0.25, -0.2) is 0 Å². The molecule has 0 aromatic carbocycles. The van der Waals surface area contributed by atoms with Gasteiger partial charge in [0.15, 0.2) is 0 Å². The van der Waals surface area contributed by atoms with Crippen LogP contribution in [0.3, 0.4) is 0 Å². The first-order valence-electron chi connectivity index (χ1n) is 0. The van der Waals surface area contributed by atoms with Crippen LogP contribution in [0.25, 0.3) is 0 Å². The molecule has 0 amide bonds. The maximum absolute atomic E-state index is 0. The van der Waals surface area contributed by atoms with E-state index in [1.807, 2.05) is 0 Å². The third-order valence-electron chi connectivity index (χ3n) is 0. The molecule has 0 radical (unpaired) electrons. The van der Waals surface area contributed by atoms with Gasteiger partial charge >= 0.3 is 685 Å². The second-order valence-corrected chi connectivity index (χ2v) is 0. The van der Waals surface area contributed by atoms with Crippen LogP contribution in [0.4, 0.5) is 0 Å². The van der Waals surface area contributed by atoms with Crippen molar-refractivity contribution < 1.29 is 789 Å². The Bertz CT molecular complexity index is 46.2. The fraction of sp³-hybridized carbons (Fsp3) is 0. The third-order valence-corrected chi connectivity index (χ3v) is 0. The maximum atomic E-state index is 0. The minimum atomic E-state index is 0. The van der Waals surface area contributed by atoms with E-state index in [9.17, 15) is 0 Å². The van der Waals surface area contributed by atoms with Crippen molar-refractivity contribution in [3.63, 3.8) is 0 Å². The SMILES string of the molecule is [Cs+].[Cs+].[Cs+].[Cs+].[Cs+].[Cs+].[Cs+].[Cs+].[O-2].[O-2].[O-2].[O-2].[O-2].[O-2].[O-2].[O-2].[O-2].[O-2].[O-2].[O-2].[O-2].[O-2].[O-2].[O-2].[O-2].[O-2].[O-2].[Ta+5].[Ta+5].[Ta+5].[Ta+5].[Ta+5].[Ta+5]. The second kappa shape index (κ2) is 337. The van der Waals surface area contributed by atoms with Crippen molar-refractivity contribution in [1.29, 1.82) is 0 Å². The Hall–Kier alpha value is 20.1. The number of hydrogen-bond donors (Lipinski definition) is 0. The van der Waals surface area contributed by atoms with E-state index < -0.39 is 0 Å². The molecule has 0 N–H and O–H groups in total. The van der Waals surface area contributed by atoms with Crippen molar-refractivity contribution in [3.8, 4) is 0 Å². The van der Waals surface area contributed by atoms with Gasteiger partial charge in [0.05, 0.1) is 0 Å². The molecule has 0 atom stereocenters. The zero-order valence-corrected chi connectivity index (χ0v) is 88.0. The van der Waals surface area contributed by atoms with E-state index in [1.54, 1.807) is 0 Å². The van der Waals surface area contributed by atoms with E-state index in [2.05, 4.69) is 0 Å². The van der Waals surface area contributed by atoms with E-state index in [4.69, 9.17) is 0 Å². The average molecular weight is 2450 g/mol. The summed E-state index contributed by atoms with van der Waals surface area (Å²) in [6, 6.07) is 0. The summed E-state index contributed by atoms with van der Waals surface area (Å²) < 4.78 is 0. The van der Waals surface area contributed by atoms with Crippen molar-refractivity contribution in [1.82, 2.24) is 0 Å². The predicted molar refractivity (Wildman–Crippen MR) is 13.0 cm³/mol. The average Bonchev–Trinajstić information content (AvgIpc) is 0. The van der Waals surface area contributed by atoms with Gasteiger partial charge in [-0.1, -0.05) is 0 Å². The Kier molecular flexibility index (Phi) is 3640. The smallest absolute Gasteiger partial charge is 2.00 e. The topological polar surface area (TPSA) is 542 Å². The first-order valence-corrected chi connectivity index (χ1v) is 0. The molecule has 0 saturated heterocycles. The summed E-state index contributed by atoms with van der Waals surface area (Å²) in [5.41, 5.74) is 0. The molecule has 0 spiro atoms. The predicted octanol–water partition coefficient (Wildman–Crippen LogP) is -26.2. The molecule has 0 aromatic rings. The van der Waals surface area contributed by atoms with Crippen LogP contribution in [0.5, 0.6) is 0 Å². The molecule has 19 nitrogen and oxygen atoms in total. The van der Waals surface area contributed by atoms with Crippen LogP contribution < -0.4 is 551 Å². The van der Waals surface area contributed by atoms with Gasteiger partial charge in [0.2, 0.25) is 0 Å². The largest absolute Gasteiger partial charge is 5.00 e. The first-order chi connectivity index (χ1) is 0. The van der Waals surface area contributed by atoms with E-state index in [0.29, 0.717) is 0 Å². The summed E-state index contributed by atoms with van der Waals surface area (Å²) in [6.45, 7) is 0. The van der Waals surface area contributed by atoms with Crippen LogP contribution in [0, 0.1) is 0 Å². The molecule has 0 aliphatic carbocycles. The van der Waals surface area contributed by atoms with E-state index in [-0.39, 0.29) is 789 Å². The zero-order valence-electron chi connectivity index (χ0n) is 18.4. The van der Waals surface area contributed by atoms with Crippen molar-refractivity contribution >= 4 is 0 Å². The molecule has 0 fully saturated rings. The van der Waals surface area contributed by atoms with Crippen LogP contribution in [0.2, 0.25) is 0 Å². The van der Waals surface area contributed by atoms with Gasteiger partial charge < -0.3 is 104 Å². The second-order valence-electron chi connectivity index (χ2n) is 0. The number of hydrogen-bond acceptors (Lipinski definition) is 0. The van der Waals surface area contributed by atoms with Gasteiger partial charge in [0.25, 0.3) is 0 Å². The van der Waals surface area contributed by atoms with Gasteiger partial charge in [-0.05, 0) is 0 Å². The molecule has 0 unspecified atom stereocenters. The van der Waals surface area contributed by atoms with E-state index >= 15 is 0 Å². The van der Waals surface area contributed by atoms with E-state index in [1.165, 1.54) is 0 Å². The summed E-state index contributed by atoms with van der Waals surface area (Å²) >= 11 is 0. The molecule has 0 heterocycles. The van der Waals surface area contributed by atoms with Crippen molar-refractivity contribution in [2.45, 2.75) is 0 Å². The molecule has 33 heavy (non-hydrogen) atoms. The first kappa shape index (κ1) is 357. The van der Waals surface area contributed by atoms with Crippen LogP contribution in [-0.2, 0) is 238 Å². The molecule has 0 aliphatic heterocycles. The summed E-state index contributed by atoms with van der Waals surface area (Å²) in [4.78, 5) is 0. The number of rotatable bonds is 0. The molecule has 0 aromatic heterocycles. The minimum Gasteiger partial charge on any atom is -2.00 e. The summed E-state index contributed by atoms with van der Waals surface area (Å²) in [6.07, 6.45) is 0. The molecule has 0 aliphatic rings. The van der Waals surface area contributed by atoms with Gasteiger partial charge in [-0.3, -0.25) is 0 Å². The maximum Gasteiger partial charge on any atom is 5.00 e. The normalized spacial score (nSPS) is 0. The quantitative estimate of drug-likeness (QED) is 0.218. The molecule has 0 saturated carbocycles. The van der Waals surface area contributed by atoms with Crippen molar-refractivity contribution in [2.75, 3.05) is 0 Å². The summed E-state index contributed by atoms with van der Waals surface area (Å²) in [5.74, 6) is 0. The molecule has 0 bridgehead atoms. The summed E-state index contributed by atoms with van der Waals surface area (Å²) in [5, 5.41) is 0. The minimum absolute atomic E-state index is 0. The standard InChI is InChI=1S/8Cs.19O.6Ta/q8*+1;19*-2;6*+5. The van der Waals surface area contributed by atoms with Crippen LogP contribution >= 0.6 is 0 Å². The molecular formula is Cs8O19Ta6. The Balaban J connectivity index is 0. The Morgan fingerprint density at radius 3 is 0.0909 bits per heavy atom. The summed E-state index contributed by atoms with van der Waals surface area (Å²) in [7, 11) is 0. The Morgan fingerprint density at radius 1 is 0.0909 bits per heavy atom.